The third-order valence-corrected chi connectivity index (χ3v) is 3.53. The first-order valence-electron chi connectivity index (χ1n) is 7.97. The molecule has 7 nitrogen and oxygen atoms in total. The molecular weight excluding hydrogens is 322 g/mol. The van der Waals surface area contributed by atoms with E-state index >= 15 is 0 Å². The van der Waals surface area contributed by atoms with Crippen molar-refractivity contribution in [2.75, 3.05) is 13.2 Å². The Balaban J connectivity index is 2.02. The number of ether oxygens (including phenoxy) is 1. The number of esters is 1. The zero-order chi connectivity index (χ0) is 18.2. The van der Waals surface area contributed by atoms with Gasteiger partial charge in [0.1, 0.15) is 5.75 Å². The molecule has 0 aliphatic heterocycles. The van der Waals surface area contributed by atoms with Gasteiger partial charge in [-0.15, -0.1) is 0 Å². The van der Waals surface area contributed by atoms with Gasteiger partial charge in [0.2, 0.25) is 0 Å². The summed E-state index contributed by atoms with van der Waals surface area (Å²) >= 11 is 0. The molecule has 0 saturated heterocycles. The second-order valence-electron chi connectivity index (χ2n) is 5.30. The highest BCUT2D eigenvalue weighted by molar-refractivity contribution is 5.95. The maximum absolute atomic E-state index is 12.0. The lowest BCUT2D eigenvalue weighted by Gasteiger charge is -2.08. The number of carbonyl (C=O) groups excluding carboxylic acids is 2. The van der Waals surface area contributed by atoms with Gasteiger partial charge in [0.25, 0.3) is 5.91 Å². The highest BCUT2D eigenvalue weighted by Crippen LogP contribution is 2.25. The van der Waals surface area contributed by atoms with Gasteiger partial charge in [-0.1, -0.05) is 24.3 Å². The fourth-order valence-corrected chi connectivity index (χ4v) is 2.21. The SMILES string of the molecule is CCOC(=O)CCNC(=O)c1ncc(-c2ccc(CN)cc2)cc1O. The second kappa shape index (κ2) is 8.79. The van der Waals surface area contributed by atoms with Crippen LogP contribution < -0.4 is 11.1 Å². The van der Waals surface area contributed by atoms with Crippen molar-refractivity contribution in [1.82, 2.24) is 10.3 Å². The minimum absolute atomic E-state index is 0.0614. The molecule has 1 aromatic carbocycles. The van der Waals surface area contributed by atoms with Crippen molar-refractivity contribution in [1.29, 1.82) is 0 Å². The molecule has 25 heavy (non-hydrogen) atoms. The van der Waals surface area contributed by atoms with Crippen molar-refractivity contribution in [3.05, 3.63) is 47.8 Å². The second-order valence-corrected chi connectivity index (χ2v) is 5.30. The molecule has 1 amide bonds. The number of aromatic nitrogens is 1. The van der Waals surface area contributed by atoms with E-state index in [1.54, 1.807) is 6.92 Å². The summed E-state index contributed by atoms with van der Waals surface area (Å²) in [6, 6.07) is 9.00. The van der Waals surface area contributed by atoms with Gasteiger partial charge in [-0.05, 0) is 24.1 Å². The summed E-state index contributed by atoms with van der Waals surface area (Å²) in [6.45, 7) is 2.57. The number of hydrogen-bond acceptors (Lipinski definition) is 6. The molecule has 0 atom stereocenters. The van der Waals surface area contributed by atoms with Crippen molar-refractivity contribution in [2.45, 2.75) is 19.9 Å². The maximum atomic E-state index is 12.0. The molecule has 2 rings (SSSR count). The number of nitrogens with two attached hydrogens (primary N) is 1. The van der Waals surface area contributed by atoms with E-state index in [1.807, 2.05) is 24.3 Å². The molecule has 0 radical (unpaired) electrons. The zero-order valence-corrected chi connectivity index (χ0v) is 14.0. The van der Waals surface area contributed by atoms with Crippen molar-refractivity contribution < 1.29 is 19.4 Å². The topological polar surface area (TPSA) is 115 Å². The van der Waals surface area contributed by atoms with Crippen LogP contribution in [-0.4, -0.2) is 35.1 Å². The van der Waals surface area contributed by atoms with Crippen LogP contribution >= 0.6 is 0 Å². The highest BCUT2D eigenvalue weighted by Gasteiger charge is 2.14. The molecule has 7 heteroatoms. The monoisotopic (exact) mass is 343 g/mol. The van der Waals surface area contributed by atoms with E-state index in [-0.39, 0.29) is 24.4 Å². The summed E-state index contributed by atoms with van der Waals surface area (Å²) in [5.41, 5.74) is 8.01. The van der Waals surface area contributed by atoms with Crippen LogP contribution in [0.1, 0.15) is 29.4 Å². The van der Waals surface area contributed by atoms with Gasteiger partial charge in [0, 0.05) is 24.8 Å². The first-order chi connectivity index (χ1) is 12.0. The van der Waals surface area contributed by atoms with Crippen LogP contribution in [0, 0.1) is 0 Å². The molecule has 0 saturated carbocycles. The summed E-state index contributed by atoms with van der Waals surface area (Å²) in [6.07, 6.45) is 1.57. The molecule has 1 heterocycles. The molecule has 0 fully saturated rings. The standard InChI is InChI=1S/C18H21N3O4/c1-2-25-16(23)7-8-20-18(24)17-15(22)9-14(11-21-17)13-5-3-12(10-19)4-6-13/h3-6,9,11,22H,2,7-8,10,19H2,1H3,(H,20,24). The van der Waals surface area contributed by atoms with Gasteiger partial charge in [0.15, 0.2) is 5.69 Å². The smallest absolute Gasteiger partial charge is 0.307 e. The van der Waals surface area contributed by atoms with E-state index in [1.165, 1.54) is 12.3 Å². The average molecular weight is 343 g/mol. The Morgan fingerprint density at radius 1 is 1.24 bits per heavy atom. The van der Waals surface area contributed by atoms with Crippen LogP contribution in [0.2, 0.25) is 0 Å². The predicted octanol–water partition coefficient (Wildman–Crippen LogP) is 1.60. The van der Waals surface area contributed by atoms with Crippen LogP contribution in [0.3, 0.4) is 0 Å². The van der Waals surface area contributed by atoms with Gasteiger partial charge in [-0.2, -0.15) is 0 Å². The Hall–Kier alpha value is -2.93. The zero-order valence-electron chi connectivity index (χ0n) is 14.0. The molecule has 0 aliphatic carbocycles. The first kappa shape index (κ1) is 18.4. The summed E-state index contributed by atoms with van der Waals surface area (Å²) in [7, 11) is 0. The lowest BCUT2D eigenvalue weighted by Crippen LogP contribution is -2.27. The predicted molar refractivity (Wildman–Crippen MR) is 92.8 cm³/mol. The molecule has 4 N–H and O–H groups in total. The van der Waals surface area contributed by atoms with Crippen LogP contribution in [0.5, 0.6) is 5.75 Å². The Morgan fingerprint density at radius 3 is 2.56 bits per heavy atom. The Labute approximate surface area is 145 Å². The number of hydrogen-bond donors (Lipinski definition) is 3. The number of nitrogens with one attached hydrogen (secondary N) is 1. The number of carbonyl (C=O) groups is 2. The van der Waals surface area contributed by atoms with Gasteiger partial charge >= 0.3 is 5.97 Å². The van der Waals surface area contributed by atoms with Crippen LogP contribution in [0.4, 0.5) is 0 Å². The van der Waals surface area contributed by atoms with Crippen LogP contribution in [0.25, 0.3) is 11.1 Å². The van der Waals surface area contributed by atoms with Gasteiger partial charge in [-0.3, -0.25) is 9.59 Å². The Kier molecular flexibility index (Phi) is 6.47. The largest absolute Gasteiger partial charge is 0.505 e. The third kappa shape index (κ3) is 5.02. The van der Waals surface area contributed by atoms with Gasteiger partial charge < -0.3 is 20.9 Å². The maximum Gasteiger partial charge on any atom is 0.307 e. The van der Waals surface area contributed by atoms with Crippen molar-refractivity contribution in [2.24, 2.45) is 5.73 Å². The van der Waals surface area contributed by atoms with Crippen LogP contribution in [-0.2, 0) is 16.1 Å². The van der Waals surface area contributed by atoms with Crippen molar-refractivity contribution in [3.8, 4) is 16.9 Å². The van der Waals surface area contributed by atoms with Gasteiger partial charge in [0.05, 0.1) is 13.0 Å². The number of aromatic hydroxyl groups is 1. The van der Waals surface area contributed by atoms with E-state index < -0.39 is 11.9 Å². The number of amides is 1. The highest BCUT2D eigenvalue weighted by atomic mass is 16.5. The molecule has 0 spiro atoms. The minimum atomic E-state index is -0.549. The molecule has 2 aromatic rings. The Bertz CT molecular complexity index is 744. The van der Waals surface area contributed by atoms with Crippen LogP contribution in [0.15, 0.2) is 36.5 Å². The molecule has 1 aromatic heterocycles. The van der Waals surface area contributed by atoms with E-state index in [0.717, 1.165) is 11.1 Å². The number of pyridine rings is 1. The summed E-state index contributed by atoms with van der Waals surface area (Å²) in [4.78, 5) is 27.3. The molecule has 0 bridgehead atoms. The first-order valence-corrected chi connectivity index (χ1v) is 7.97. The van der Waals surface area contributed by atoms with Crippen molar-refractivity contribution >= 4 is 11.9 Å². The normalized spacial score (nSPS) is 10.3. The summed E-state index contributed by atoms with van der Waals surface area (Å²) < 4.78 is 4.77. The average Bonchev–Trinajstić information content (AvgIpc) is 2.61. The van der Waals surface area contributed by atoms with E-state index in [9.17, 15) is 14.7 Å². The minimum Gasteiger partial charge on any atom is -0.505 e. The summed E-state index contributed by atoms with van der Waals surface area (Å²) in [5.74, 6) is -1.17. The molecule has 0 aliphatic rings. The molecular formula is C18H21N3O4. The van der Waals surface area contributed by atoms with Crippen molar-refractivity contribution in [3.63, 3.8) is 0 Å². The lowest BCUT2D eigenvalue weighted by atomic mass is 10.0. The van der Waals surface area contributed by atoms with Gasteiger partial charge in [-0.25, -0.2) is 4.98 Å². The Morgan fingerprint density at radius 2 is 1.96 bits per heavy atom. The fraction of sp³-hybridized carbons (Fsp3) is 0.278. The number of rotatable bonds is 7. The quantitative estimate of drug-likeness (QED) is 0.658. The third-order valence-electron chi connectivity index (χ3n) is 3.53. The van der Waals surface area contributed by atoms with E-state index in [0.29, 0.717) is 18.7 Å². The molecule has 0 unspecified atom stereocenters. The number of benzene rings is 1. The van der Waals surface area contributed by atoms with E-state index in [2.05, 4.69) is 10.3 Å². The van der Waals surface area contributed by atoms with E-state index in [4.69, 9.17) is 10.5 Å². The lowest BCUT2D eigenvalue weighted by molar-refractivity contribution is -0.142. The summed E-state index contributed by atoms with van der Waals surface area (Å²) in [5, 5.41) is 12.6. The molecule has 132 valence electrons. The number of nitrogens with zero attached hydrogens (tertiary/aromatic N) is 1. The fourth-order valence-electron chi connectivity index (χ4n) is 2.21.